The molecule has 1 N–H and O–H groups in total. The standard InChI is InChI=1S/C14H12Cl3NO3/c1-8(14(19)18-7-9-3-2-4-20-9)21-13-6-11(16)10(15)5-12(13)17/h2-6,8H,7H2,1H3,(H,18,19)/t8-/m0/s1. The van der Waals surface area contributed by atoms with Crippen LogP contribution in [-0.2, 0) is 11.3 Å². The maximum Gasteiger partial charge on any atom is 0.261 e. The minimum absolute atomic E-state index is 0.286. The van der Waals surface area contributed by atoms with Gasteiger partial charge in [-0.3, -0.25) is 4.79 Å². The number of amides is 1. The molecule has 1 amide bonds. The van der Waals surface area contributed by atoms with Gasteiger partial charge in [0.15, 0.2) is 6.10 Å². The number of hydrogen-bond donors (Lipinski definition) is 1. The number of carbonyl (C=O) groups is 1. The Bertz CT molecular complexity index is 629. The lowest BCUT2D eigenvalue weighted by Gasteiger charge is -2.15. The normalized spacial score (nSPS) is 12.0. The van der Waals surface area contributed by atoms with Gasteiger partial charge in [0, 0.05) is 6.07 Å². The summed E-state index contributed by atoms with van der Waals surface area (Å²) in [6.45, 7) is 1.89. The quantitative estimate of drug-likeness (QED) is 0.819. The van der Waals surface area contributed by atoms with Gasteiger partial charge < -0.3 is 14.5 Å². The van der Waals surface area contributed by atoms with E-state index in [2.05, 4.69) is 5.32 Å². The minimum Gasteiger partial charge on any atom is -0.479 e. The number of halogens is 3. The maximum atomic E-state index is 11.9. The van der Waals surface area contributed by atoms with Crippen molar-refractivity contribution in [2.75, 3.05) is 0 Å². The maximum absolute atomic E-state index is 11.9. The van der Waals surface area contributed by atoms with Crippen LogP contribution in [0.4, 0.5) is 0 Å². The molecular formula is C14H12Cl3NO3. The van der Waals surface area contributed by atoms with Gasteiger partial charge in [-0.05, 0) is 25.1 Å². The molecule has 1 aromatic heterocycles. The molecule has 112 valence electrons. The molecular weight excluding hydrogens is 337 g/mol. The number of benzene rings is 1. The number of ether oxygens (including phenoxy) is 1. The van der Waals surface area contributed by atoms with Crippen LogP contribution < -0.4 is 10.1 Å². The van der Waals surface area contributed by atoms with Crippen molar-refractivity contribution in [2.24, 2.45) is 0 Å². The van der Waals surface area contributed by atoms with Crippen molar-refractivity contribution >= 4 is 40.7 Å². The van der Waals surface area contributed by atoms with Crippen LogP contribution in [0.2, 0.25) is 15.1 Å². The molecule has 1 atom stereocenters. The smallest absolute Gasteiger partial charge is 0.261 e. The van der Waals surface area contributed by atoms with E-state index in [-0.39, 0.29) is 17.5 Å². The molecule has 0 unspecified atom stereocenters. The highest BCUT2D eigenvalue weighted by Gasteiger charge is 2.17. The van der Waals surface area contributed by atoms with Gasteiger partial charge in [-0.2, -0.15) is 0 Å². The van der Waals surface area contributed by atoms with Gasteiger partial charge in [0.25, 0.3) is 5.91 Å². The Labute approximate surface area is 136 Å². The fourth-order valence-electron chi connectivity index (χ4n) is 1.57. The fraction of sp³-hybridized carbons (Fsp3) is 0.214. The van der Waals surface area contributed by atoms with E-state index < -0.39 is 6.10 Å². The molecule has 0 fully saturated rings. The topological polar surface area (TPSA) is 51.5 Å². The van der Waals surface area contributed by atoms with Crippen molar-refractivity contribution in [1.29, 1.82) is 0 Å². The van der Waals surface area contributed by atoms with Gasteiger partial charge in [-0.1, -0.05) is 34.8 Å². The van der Waals surface area contributed by atoms with Crippen molar-refractivity contribution in [1.82, 2.24) is 5.32 Å². The van der Waals surface area contributed by atoms with E-state index in [1.807, 2.05) is 0 Å². The molecule has 0 aliphatic carbocycles. The zero-order valence-corrected chi connectivity index (χ0v) is 13.3. The van der Waals surface area contributed by atoms with Crippen molar-refractivity contribution < 1.29 is 13.9 Å². The van der Waals surface area contributed by atoms with Gasteiger partial charge in [-0.15, -0.1) is 0 Å². The molecule has 7 heteroatoms. The molecule has 2 aromatic rings. The van der Waals surface area contributed by atoms with E-state index in [0.29, 0.717) is 21.6 Å². The second kappa shape index (κ2) is 7.07. The Balaban J connectivity index is 1.95. The Hall–Kier alpha value is -1.36. The van der Waals surface area contributed by atoms with Crippen LogP contribution in [0.15, 0.2) is 34.9 Å². The fourth-order valence-corrected chi connectivity index (χ4v) is 2.15. The van der Waals surface area contributed by atoms with Crippen LogP contribution in [0.5, 0.6) is 5.75 Å². The van der Waals surface area contributed by atoms with Gasteiger partial charge in [0.1, 0.15) is 11.5 Å². The van der Waals surface area contributed by atoms with E-state index in [1.165, 1.54) is 18.4 Å². The third-order valence-corrected chi connectivity index (χ3v) is 3.68. The highest BCUT2D eigenvalue weighted by molar-refractivity contribution is 6.43. The summed E-state index contributed by atoms with van der Waals surface area (Å²) in [7, 11) is 0. The predicted molar refractivity (Wildman–Crippen MR) is 82.1 cm³/mol. The summed E-state index contributed by atoms with van der Waals surface area (Å²) < 4.78 is 10.6. The van der Waals surface area contributed by atoms with E-state index in [1.54, 1.807) is 19.1 Å². The number of hydrogen-bond acceptors (Lipinski definition) is 3. The van der Waals surface area contributed by atoms with Crippen molar-refractivity contribution in [3.8, 4) is 5.75 Å². The zero-order valence-electron chi connectivity index (χ0n) is 11.0. The number of furan rings is 1. The van der Waals surface area contributed by atoms with Gasteiger partial charge in [0.2, 0.25) is 0 Å². The first-order valence-corrected chi connectivity index (χ1v) is 7.22. The molecule has 0 spiro atoms. The summed E-state index contributed by atoms with van der Waals surface area (Å²) in [5.41, 5.74) is 0. The Morgan fingerprint density at radius 1 is 1.29 bits per heavy atom. The molecule has 2 rings (SSSR count). The second-order valence-electron chi connectivity index (χ2n) is 4.25. The summed E-state index contributed by atoms with van der Waals surface area (Å²) in [4.78, 5) is 11.9. The average molecular weight is 349 g/mol. The van der Waals surface area contributed by atoms with Crippen molar-refractivity contribution in [2.45, 2.75) is 19.6 Å². The van der Waals surface area contributed by atoms with Gasteiger partial charge in [0.05, 0.1) is 27.9 Å². The first-order chi connectivity index (χ1) is 9.97. The summed E-state index contributed by atoms with van der Waals surface area (Å²) in [6, 6.07) is 6.45. The third-order valence-electron chi connectivity index (χ3n) is 2.66. The summed E-state index contributed by atoms with van der Waals surface area (Å²) in [6.07, 6.45) is 0.798. The molecule has 1 heterocycles. The lowest BCUT2D eigenvalue weighted by molar-refractivity contribution is -0.127. The summed E-state index contributed by atoms with van der Waals surface area (Å²) in [5.74, 6) is 0.656. The van der Waals surface area contributed by atoms with E-state index in [0.717, 1.165) is 0 Å². The molecule has 0 aliphatic heterocycles. The number of nitrogens with one attached hydrogen (secondary N) is 1. The molecule has 0 saturated carbocycles. The molecule has 0 bridgehead atoms. The Morgan fingerprint density at radius 2 is 2.00 bits per heavy atom. The monoisotopic (exact) mass is 347 g/mol. The number of carbonyl (C=O) groups excluding carboxylic acids is 1. The second-order valence-corrected chi connectivity index (χ2v) is 5.48. The SMILES string of the molecule is C[C@H](Oc1cc(Cl)c(Cl)cc1Cl)C(=O)NCc1ccco1. The molecule has 4 nitrogen and oxygen atoms in total. The van der Waals surface area contributed by atoms with Crippen molar-refractivity contribution in [3.63, 3.8) is 0 Å². The van der Waals surface area contributed by atoms with Gasteiger partial charge >= 0.3 is 0 Å². The third kappa shape index (κ3) is 4.30. The van der Waals surface area contributed by atoms with Crippen LogP contribution >= 0.6 is 34.8 Å². The van der Waals surface area contributed by atoms with Crippen molar-refractivity contribution in [3.05, 3.63) is 51.4 Å². The average Bonchev–Trinajstić information content (AvgIpc) is 2.95. The largest absolute Gasteiger partial charge is 0.479 e. The molecule has 1 aromatic carbocycles. The molecule has 0 aliphatic rings. The Morgan fingerprint density at radius 3 is 2.67 bits per heavy atom. The molecule has 21 heavy (non-hydrogen) atoms. The van der Waals surface area contributed by atoms with E-state index in [9.17, 15) is 4.79 Å². The van der Waals surface area contributed by atoms with Gasteiger partial charge in [-0.25, -0.2) is 0 Å². The highest BCUT2D eigenvalue weighted by Crippen LogP contribution is 2.34. The predicted octanol–water partition coefficient (Wildman–Crippen LogP) is 4.32. The van der Waals surface area contributed by atoms with Crippen LogP contribution in [-0.4, -0.2) is 12.0 Å². The summed E-state index contributed by atoms with van der Waals surface area (Å²) in [5, 5.41) is 3.61. The minimum atomic E-state index is -0.741. The lowest BCUT2D eigenvalue weighted by atomic mass is 10.3. The zero-order chi connectivity index (χ0) is 15.4. The Kier molecular flexibility index (Phi) is 5.39. The lowest BCUT2D eigenvalue weighted by Crippen LogP contribution is -2.35. The van der Waals surface area contributed by atoms with E-state index >= 15 is 0 Å². The first kappa shape index (κ1) is 16.0. The van der Waals surface area contributed by atoms with Crippen LogP contribution in [0.1, 0.15) is 12.7 Å². The molecule has 0 radical (unpaired) electrons. The van der Waals surface area contributed by atoms with Crippen LogP contribution in [0.3, 0.4) is 0 Å². The summed E-state index contributed by atoms with van der Waals surface area (Å²) >= 11 is 17.7. The van der Waals surface area contributed by atoms with Crippen LogP contribution in [0, 0.1) is 0 Å². The molecule has 0 saturated heterocycles. The van der Waals surface area contributed by atoms with E-state index in [4.69, 9.17) is 44.0 Å². The first-order valence-electron chi connectivity index (χ1n) is 6.08. The number of rotatable bonds is 5. The highest BCUT2D eigenvalue weighted by atomic mass is 35.5. The van der Waals surface area contributed by atoms with Crippen LogP contribution in [0.25, 0.3) is 0 Å².